The summed E-state index contributed by atoms with van der Waals surface area (Å²) in [4.78, 5) is 28.4. The lowest BCUT2D eigenvalue weighted by atomic mass is 10.1. The summed E-state index contributed by atoms with van der Waals surface area (Å²) in [5, 5.41) is 3.86. The number of carbonyl (C=O) groups is 1. The number of fused-ring (bicyclic) bond motifs is 1. The molecule has 5 heteroatoms. The van der Waals surface area contributed by atoms with E-state index in [-0.39, 0.29) is 18.0 Å². The van der Waals surface area contributed by atoms with E-state index < -0.39 is 0 Å². The molecule has 4 rings (SSSR count). The van der Waals surface area contributed by atoms with Crippen molar-refractivity contribution in [3.05, 3.63) is 98.1 Å². The lowest BCUT2D eigenvalue weighted by molar-refractivity contribution is 0.0951. The molecule has 0 saturated carbocycles. The van der Waals surface area contributed by atoms with Crippen molar-refractivity contribution in [1.29, 1.82) is 0 Å². The second-order valence-corrected chi connectivity index (χ2v) is 8.23. The molecule has 0 aliphatic rings. The van der Waals surface area contributed by atoms with Gasteiger partial charge in [-0.1, -0.05) is 30.3 Å². The molecule has 2 aromatic heterocycles. The van der Waals surface area contributed by atoms with Gasteiger partial charge in [0.2, 0.25) is 0 Å². The van der Waals surface area contributed by atoms with Crippen LogP contribution in [0.1, 0.15) is 44.0 Å². The Bertz CT molecular complexity index is 1380. The molecule has 0 spiro atoms. The maximum atomic E-state index is 13.3. The van der Waals surface area contributed by atoms with Crippen LogP contribution in [0.15, 0.2) is 53.3 Å². The molecule has 0 atom stereocenters. The first-order valence-electron chi connectivity index (χ1n) is 10.4. The van der Waals surface area contributed by atoms with Gasteiger partial charge in [-0.2, -0.15) is 0 Å². The minimum Gasteiger partial charge on any atom is -0.348 e. The van der Waals surface area contributed by atoms with E-state index in [0.717, 1.165) is 44.7 Å². The van der Waals surface area contributed by atoms with Gasteiger partial charge in [0.05, 0.1) is 11.1 Å². The highest BCUT2D eigenvalue weighted by molar-refractivity contribution is 6.09. The van der Waals surface area contributed by atoms with Gasteiger partial charge in [0.25, 0.3) is 11.5 Å². The molecular weight excluding hydrogens is 386 g/mol. The highest BCUT2D eigenvalue weighted by Gasteiger charge is 2.21. The van der Waals surface area contributed by atoms with Crippen LogP contribution in [0.2, 0.25) is 0 Å². The van der Waals surface area contributed by atoms with Crippen molar-refractivity contribution in [3.63, 3.8) is 0 Å². The molecule has 2 heterocycles. The number of nitrogens with one attached hydrogen (secondary N) is 2. The Labute approximate surface area is 181 Å². The van der Waals surface area contributed by atoms with E-state index in [1.807, 2.05) is 51.1 Å². The zero-order chi connectivity index (χ0) is 22.3. The minimum absolute atomic E-state index is 0.160. The second-order valence-electron chi connectivity index (χ2n) is 8.23. The first-order valence-corrected chi connectivity index (χ1v) is 10.4. The maximum Gasteiger partial charge on any atom is 0.254 e. The molecule has 0 unspecified atom stereocenters. The van der Waals surface area contributed by atoms with Crippen molar-refractivity contribution in [1.82, 2.24) is 14.9 Å². The first-order chi connectivity index (χ1) is 14.8. The number of aromatic nitrogens is 2. The Balaban J connectivity index is 1.78. The van der Waals surface area contributed by atoms with Gasteiger partial charge in [0.1, 0.15) is 0 Å². The van der Waals surface area contributed by atoms with Gasteiger partial charge in [-0.25, -0.2) is 0 Å². The van der Waals surface area contributed by atoms with Gasteiger partial charge < -0.3 is 14.9 Å². The van der Waals surface area contributed by atoms with Crippen LogP contribution < -0.4 is 10.9 Å². The van der Waals surface area contributed by atoms with E-state index in [9.17, 15) is 9.59 Å². The van der Waals surface area contributed by atoms with E-state index in [4.69, 9.17) is 0 Å². The number of hydrogen-bond donors (Lipinski definition) is 2. The lowest BCUT2D eigenvalue weighted by Gasteiger charge is -2.13. The van der Waals surface area contributed by atoms with Gasteiger partial charge in [-0.15, -0.1) is 0 Å². The summed E-state index contributed by atoms with van der Waals surface area (Å²) in [5.74, 6) is -0.183. The van der Waals surface area contributed by atoms with Crippen LogP contribution in [0.3, 0.4) is 0 Å². The third-order valence-corrected chi connectivity index (χ3v) is 5.86. The highest BCUT2D eigenvalue weighted by atomic mass is 16.2. The average Bonchev–Trinajstić information content (AvgIpc) is 3.00. The maximum absolute atomic E-state index is 13.3. The summed E-state index contributed by atoms with van der Waals surface area (Å²) in [5.41, 5.74) is 7.98. The number of hydrogen-bond acceptors (Lipinski definition) is 2. The van der Waals surface area contributed by atoms with E-state index in [2.05, 4.69) is 46.9 Å². The van der Waals surface area contributed by atoms with E-state index >= 15 is 0 Å². The van der Waals surface area contributed by atoms with E-state index in [1.54, 1.807) is 0 Å². The van der Waals surface area contributed by atoms with Crippen LogP contribution in [-0.2, 0) is 6.54 Å². The zero-order valence-electron chi connectivity index (χ0n) is 18.6. The summed E-state index contributed by atoms with van der Waals surface area (Å²) >= 11 is 0. The second kappa shape index (κ2) is 7.91. The largest absolute Gasteiger partial charge is 0.348 e. The predicted molar refractivity (Wildman–Crippen MR) is 125 cm³/mol. The fourth-order valence-corrected chi connectivity index (χ4v) is 4.28. The number of rotatable bonds is 4. The third-order valence-electron chi connectivity index (χ3n) is 5.86. The van der Waals surface area contributed by atoms with Crippen LogP contribution in [0.4, 0.5) is 0 Å². The summed E-state index contributed by atoms with van der Waals surface area (Å²) in [6, 6.07) is 16.2. The number of nitrogens with zero attached hydrogens (tertiary/aromatic N) is 1. The molecule has 0 bridgehead atoms. The molecule has 0 fully saturated rings. The van der Waals surface area contributed by atoms with Crippen molar-refractivity contribution in [2.24, 2.45) is 0 Å². The number of benzene rings is 2. The van der Waals surface area contributed by atoms with Crippen LogP contribution in [0, 0.1) is 34.6 Å². The molecule has 5 nitrogen and oxygen atoms in total. The van der Waals surface area contributed by atoms with Gasteiger partial charge in [-0.3, -0.25) is 9.59 Å². The quantitative estimate of drug-likeness (QED) is 0.505. The van der Waals surface area contributed by atoms with Gasteiger partial charge in [0, 0.05) is 34.6 Å². The number of pyridine rings is 1. The fourth-order valence-electron chi connectivity index (χ4n) is 4.28. The number of para-hydroxylation sites is 1. The van der Waals surface area contributed by atoms with Gasteiger partial charge in [0.15, 0.2) is 0 Å². The smallest absolute Gasteiger partial charge is 0.254 e. The Morgan fingerprint density at radius 3 is 2.45 bits per heavy atom. The Hall–Kier alpha value is -3.60. The summed E-state index contributed by atoms with van der Waals surface area (Å²) in [6.07, 6.45) is 0. The molecule has 31 heavy (non-hydrogen) atoms. The topological polar surface area (TPSA) is 66.9 Å². The highest BCUT2D eigenvalue weighted by Crippen LogP contribution is 2.31. The van der Waals surface area contributed by atoms with Crippen molar-refractivity contribution in [2.75, 3.05) is 0 Å². The SMILES string of the molecule is Cc1ccc(C)c(-n2c(C)c(C(=O)NCc3c(C)cc(C)[nH]c3=O)c3ccccc32)c1. The summed E-state index contributed by atoms with van der Waals surface area (Å²) < 4.78 is 2.15. The predicted octanol–water partition coefficient (Wildman–Crippen LogP) is 4.79. The number of aromatic amines is 1. The van der Waals surface area contributed by atoms with Crippen LogP contribution in [0.25, 0.3) is 16.6 Å². The van der Waals surface area contributed by atoms with Crippen molar-refractivity contribution >= 4 is 16.8 Å². The standard InChI is InChI=1S/C26H27N3O2/c1-15-10-11-16(2)23(12-15)29-19(5)24(20-8-6-7-9-22(20)29)26(31)27-14-21-17(3)13-18(4)28-25(21)30/h6-13H,14H2,1-5H3,(H,27,31)(H,28,30). The van der Waals surface area contributed by atoms with Crippen molar-refractivity contribution < 1.29 is 4.79 Å². The molecule has 4 aromatic rings. The summed E-state index contributed by atoms with van der Waals surface area (Å²) in [7, 11) is 0. The average molecular weight is 414 g/mol. The van der Waals surface area contributed by atoms with Crippen LogP contribution in [0.5, 0.6) is 0 Å². The van der Waals surface area contributed by atoms with Gasteiger partial charge in [-0.05, 0) is 69.5 Å². The van der Waals surface area contributed by atoms with Gasteiger partial charge >= 0.3 is 0 Å². The van der Waals surface area contributed by atoms with Crippen LogP contribution in [-0.4, -0.2) is 15.5 Å². The Morgan fingerprint density at radius 1 is 0.968 bits per heavy atom. The number of aryl methyl sites for hydroxylation is 4. The summed E-state index contributed by atoms with van der Waals surface area (Å²) in [6.45, 7) is 10.0. The molecule has 1 amide bonds. The van der Waals surface area contributed by atoms with Crippen molar-refractivity contribution in [2.45, 2.75) is 41.2 Å². The number of amides is 1. The van der Waals surface area contributed by atoms with E-state index in [1.165, 1.54) is 0 Å². The molecule has 2 aromatic carbocycles. The monoisotopic (exact) mass is 413 g/mol. The lowest BCUT2D eigenvalue weighted by Crippen LogP contribution is -2.28. The molecule has 0 aliphatic heterocycles. The van der Waals surface area contributed by atoms with Crippen molar-refractivity contribution in [3.8, 4) is 5.69 Å². The van der Waals surface area contributed by atoms with Crippen LogP contribution >= 0.6 is 0 Å². The zero-order valence-corrected chi connectivity index (χ0v) is 18.6. The number of H-pyrrole nitrogens is 1. The molecule has 158 valence electrons. The first kappa shape index (κ1) is 20.7. The molecule has 0 radical (unpaired) electrons. The fraction of sp³-hybridized carbons (Fsp3) is 0.231. The third kappa shape index (κ3) is 3.67. The van der Waals surface area contributed by atoms with E-state index in [0.29, 0.717) is 11.1 Å². The Morgan fingerprint density at radius 2 is 1.71 bits per heavy atom. The number of carbonyl (C=O) groups excluding carboxylic acids is 1. The Kier molecular flexibility index (Phi) is 5.27. The molecule has 0 saturated heterocycles. The molecule has 2 N–H and O–H groups in total. The minimum atomic E-state index is -0.183. The normalized spacial score (nSPS) is 11.1. The molecule has 0 aliphatic carbocycles. The molecular formula is C26H27N3O2.